The number of rotatable bonds is 2. The molecule has 3 heteroatoms. The first-order valence-corrected chi connectivity index (χ1v) is 5.25. The molecule has 2 aromatic rings. The van der Waals surface area contributed by atoms with Crippen molar-refractivity contribution in [1.82, 2.24) is 0 Å². The average Bonchev–Trinajstić information content (AvgIpc) is 2.36. The van der Waals surface area contributed by atoms with E-state index in [1.807, 2.05) is 31.2 Å². The molecule has 3 nitrogen and oxygen atoms in total. The Kier molecular flexibility index (Phi) is 2.91. The van der Waals surface area contributed by atoms with Gasteiger partial charge in [0.25, 0.3) is 5.78 Å². The minimum Gasteiger partial charge on any atom is -0.463 e. The predicted molar refractivity (Wildman–Crippen MR) is 65.0 cm³/mol. The molecule has 0 bridgehead atoms. The molecule has 0 spiro atoms. The van der Waals surface area contributed by atoms with Gasteiger partial charge in [-0.2, -0.15) is 0 Å². The van der Waals surface area contributed by atoms with Crippen LogP contribution < -0.4 is 0 Å². The van der Waals surface area contributed by atoms with E-state index >= 15 is 0 Å². The molecule has 0 heterocycles. The van der Waals surface area contributed by atoms with Crippen molar-refractivity contribution in [2.75, 3.05) is 7.11 Å². The molecule has 0 atom stereocenters. The number of methoxy groups -OCH3 is 1. The van der Waals surface area contributed by atoms with Crippen molar-refractivity contribution < 1.29 is 14.3 Å². The van der Waals surface area contributed by atoms with Crippen molar-refractivity contribution in [2.24, 2.45) is 0 Å². The summed E-state index contributed by atoms with van der Waals surface area (Å²) in [4.78, 5) is 22.7. The zero-order valence-electron chi connectivity index (χ0n) is 9.69. The van der Waals surface area contributed by atoms with Crippen molar-refractivity contribution >= 4 is 22.5 Å². The minimum atomic E-state index is -0.837. The van der Waals surface area contributed by atoms with Gasteiger partial charge in [0.2, 0.25) is 0 Å². The number of carbonyl (C=O) groups is 2. The van der Waals surface area contributed by atoms with Gasteiger partial charge in [-0.3, -0.25) is 4.79 Å². The van der Waals surface area contributed by atoms with Crippen LogP contribution in [0, 0.1) is 6.92 Å². The molecule has 0 amide bonds. The predicted octanol–water partition coefficient (Wildman–Crippen LogP) is 2.50. The summed E-state index contributed by atoms with van der Waals surface area (Å²) in [5.74, 6) is -1.45. The van der Waals surface area contributed by atoms with Gasteiger partial charge in [-0.05, 0) is 23.8 Å². The van der Waals surface area contributed by atoms with Crippen LogP contribution in [0.5, 0.6) is 0 Å². The van der Waals surface area contributed by atoms with E-state index in [2.05, 4.69) is 4.74 Å². The number of fused-ring (bicyclic) bond motifs is 1. The summed E-state index contributed by atoms with van der Waals surface area (Å²) in [5, 5.41) is 1.98. The van der Waals surface area contributed by atoms with Crippen LogP contribution in [0.15, 0.2) is 36.4 Å². The molecular weight excluding hydrogens is 216 g/mol. The Morgan fingerprint density at radius 2 is 1.65 bits per heavy atom. The van der Waals surface area contributed by atoms with E-state index in [1.165, 1.54) is 7.11 Å². The monoisotopic (exact) mass is 228 g/mol. The van der Waals surface area contributed by atoms with Crippen LogP contribution in [0.3, 0.4) is 0 Å². The smallest absolute Gasteiger partial charge is 0.379 e. The fraction of sp³-hybridized carbons (Fsp3) is 0.143. The molecule has 0 aliphatic rings. The summed E-state index contributed by atoms with van der Waals surface area (Å²) in [6.07, 6.45) is 0. The number of hydrogen-bond acceptors (Lipinski definition) is 3. The quantitative estimate of drug-likeness (QED) is 0.450. The summed E-state index contributed by atoms with van der Waals surface area (Å²) >= 11 is 0. The van der Waals surface area contributed by atoms with Gasteiger partial charge in [0, 0.05) is 5.56 Å². The molecular formula is C14H12O3. The van der Waals surface area contributed by atoms with Crippen molar-refractivity contribution in [3.05, 3.63) is 47.5 Å². The van der Waals surface area contributed by atoms with E-state index in [1.54, 1.807) is 12.1 Å². The Hall–Kier alpha value is -2.16. The number of carbonyl (C=O) groups excluding carboxylic acids is 2. The van der Waals surface area contributed by atoms with Gasteiger partial charge in [0.05, 0.1) is 7.11 Å². The molecule has 0 N–H and O–H groups in total. The van der Waals surface area contributed by atoms with E-state index in [-0.39, 0.29) is 0 Å². The topological polar surface area (TPSA) is 43.4 Å². The van der Waals surface area contributed by atoms with Gasteiger partial charge in [-0.15, -0.1) is 0 Å². The highest BCUT2D eigenvalue weighted by molar-refractivity contribution is 6.40. The summed E-state index contributed by atoms with van der Waals surface area (Å²) in [5.41, 5.74) is 1.51. The van der Waals surface area contributed by atoms with Crippen LogP contribution in [0.2, 0.25) is 0 Å². The lowest BCUT2D eigenvalue weighted by atomic mass is 10.0. The van der Waals surface area contributed by atoms with Gasteiger partial charge >= 0.3 is 5.97 Å². The number of aryl methyl sites for hydroxylation is 1. The van der Waals surface area contributed by atoms with Crippen LogP contribution in [-0.4, -0.2) is 18.9 Å². The maximum atomic E-state index is 11.6. The Labute approximate surface area is 99.0 Å². The summed E-state index contributed by atoms with van der Waals surface area (Å²) < 4.78 is 4.41. The second-order valence-electron chi connectivity index (χ2n) is 3.89. The third kappa shape index (κ3) is 2.18. The molecule has 0 saturated heterocycles. The highest BCUT2D eigenvalue weighted by Gasteiger charge is 2.16. The number of ketones is 1. The summed E-state index contributed by atoms with van der Waals surface area (Å²) in [6.45, 7) is 2.01. The van der Waals surface area contributed by atoms with E-state index in [0.29, 0.717) is 5.56 Å². The second kappa shape index (κ2) is 4.37. The molecule has 0 unspecified atom stereocenters. The minimum absolute atomic E-state index is 0.355. The highest BCUT2D eigenvalue weighted by atomic mass is 16.5. The lowest BCUT2D eigenvalue weighted by Gasteiger charge is -2.03. The fourth-order valence-corrected chi connectivity index (χ4v) is 1.72. The van der Waals surface area contributed by atoms with Crippen LogP contribution >= 0.6 is 0 Å². The number of esters is 1. The lowest BCUT2D eigenvalue weighted by Crippen LogP contribution is -2.15. The molecule has 17 heavy (non-hydrogen) atoms. The number of hydrogen-bond donors (Lipinski definition) is 0. The fourth-order valence-electron chi connectivity index (χ4n) is 1.72. The SMILES string of the molecule is COC(=O)C(=O)c1ccc2cc(C)ccc2c1. The number of ether oxygens (including phenoxy) is 1. The Morgan fingerprint density at radius 3 is 2.35 bits per heavy atom. The third-order valence-electron chi connectivity index (χ3n) is 2.63. The maximum absolute atomic E-state index is 11.6. The first kappa shape index (κ1) is 11.3. The molecule has 0 aliphatic heterocycles. The van der Waals surface area contributed by atoms with E-state index < -0.39 is 11.8 Å². The zero-order valence-corrected chi connectivity index (χ0v) is 9.69. The van der Waals surface area contributed by atoms with Gasteiger partial charge < -0.3 is 4.74 Å². The Balaban J connectivity index is 2.48. The first-order chi connectivity index (χ1) is 8.11. The first-order valence-electron chi connectivity index (χ1n) is 5.25. The van der Waals surface area contributed by atoms with E-state index in [4.69, 9.17) is 0 Å². The second-order valence-corrected chi connectivity index (χ2v) is 3.89. The van der Waals surface area contributed by atoms with Crippen molar-refractivity contribution in [3.8, 4) is 0 Å². The molecule has 0 aromatic heterocycles. The highest BCUT2D eigenvalue weighted by Crippen LogP contribution is 2.18. The Bertz CT molecular complexity index is 599. The van der Waals surface area contributed by atoms with Crippen molar-refractivity contribution in [1.29, 1.82) is 0 Å². The van der Waals surface area contributed by atoms with Gasteiger partial charge in [-0.1, -0.05) is 35.9 Å². The molecule has 0 saturated carbocycles. The molecule has 2 aromatic carbocycles. The number of benzene rings is 2. The molecule has 0 aliphatic carbocycles. The molecule has 0 radical (unpaired) electrons. The molecule has 0 fully saturated rings. The molecule has 86 valence electrons. The third-order valence-corrected chi connectivity index (χ3v) is 2.63. The van der Waals surface area contributed by atoms with Gasteiger partial charge in [-0.25, -0.2) is 4.79 Å². The van der Waals surface area contributed by atoms with E-state index in [9.17, 15) is 9.59 Å². The zero-order chi connectivity index (χ0) is 12.4. The summed E-state index contributed by atoms with van der Waals surface area (Å²) in [7, 11) is 1.20. The van der Waals surface area contributed by atoms with Crippen LogP contribution in [0.25, 0.3) is 10.8 Å². The Morgan fingerprint density at radius 1 is 1.00 bits per heavy atom. The lowest BCUT2D eigenvalue weighted by molar-refractivity contribution is -0.135. The van der Waals surface area contributed by atoms with Crippen LogP contribution in [-0.2, 0) is 9.53 Å². The van der Waals surface area contributed by atoms with Crippen LogP contribution in [0.1, 0.15) is 15.9 Å². The van der Waals surface area contributed by atoms with Crippen molar-refractivity contribution in [2.45, 2.75) is 6.92 Å². The standard InChI is InChI=1S/C14H12O3/c1-9-3-4-11-8-12(6-5-10(11)7-9)13(15)14(16)17-2/h3-8H,1-2H3. The van der Waals surface area contributed by atoms with Crippen molar-refractivity contribution in [3.63, 3.8) is 0 Å². The van der Waals surface area contributed by atoms with Gasteiger partial charge in [0.1, 0.15) is 0 Å². The van der Waals surface area contributed by atoms with Crippen LogP contribution in [0.4, 0.5) is 0 Å². The summed E-state index contributed by atoms with van der Waals surface area (Å²) in [6, 6.07) is 11.1. The largest absolute Gasteiger partial charge is 0.463 e. The maximum Gasteiger partial charge on any atom is 0.379 e. The average molecular weight is 228 g/mol. The number of Topliss-reactive ketones (excluding diaryl/α,β-unsaturated/α-hetero) is 1. The normalized spacial score (nSPS) is 10.2. The molecule has 2 rings (SSSR count). The van der Waals surface area contributed by atoms with Gasteiger partial charge in [0.15, 0.2) is 0 Å². The van der Waals surface area contributed by atoms with E-state index in [0.717, 1.165) is 16.3 Å².